The van der Waals surface area contributed by atoms with Crippen molar-refractivity contribution in [1.29, 1.82) is 0 Å². The number of carbonyl (C=O) groups excluding carboxylic acids is 1. The van der Waals surface area contributed by atoms with Crippen molar-refractivity contribution in [1.82, 2.24) is 4.90 Å². The van der Waals surface area contributed by atoms with Gasteiger partial charge in [0.1, 0.15) is 6.23 Å². The quantitative estimate of drug-likeness (QED) is 0.634. The Morgan fingerprint density at radius 2 is 2.43 bits per heavy atom. The molecule has 0 spiro atoms. The predicted octanol–water partition coefficient (Wildman–Crippen LogP) is 1.38. The fraction of sp³-hybridized carbons (Fsp3) is 0.727. The smallest absolute Gasteiger partial charge is 0.224 e. The summed E-state index contributed by atoms with van der Waals surface area (Å²) in [5.41, 5.74) is 0. The standard InChI is InChI=1S/C11H17NO2/c1-3-5-6-9-12-10(13)7-8-11(12)14-4-2/h11H,4,6-9H2,1-2H3. The Labute approximate surface area is 85.4 Å². The van der Waals surface area contributed by atoms with E-state index < -0.39 is 0 Å². The molecule has 1 aliphatic rings. The molecule has 0 aliphatic carbocycles. The van der Waals surface area contributed by atoms with Crippen LogP contribution in [0, 0.1) is 11.8 Å². The molecule has 0 bridgehead atoms. The van der Waals surface area contributed by atoms with Gasteiger partial charge in [-0.3, -0.25) is 4.79 Å². The van der Waals surface area contributed by atoms with E-state index >= 15 is 0 Å². The van der Waals surface area contributed by atoms with Crippen LogP contribution < -0.4 is 0 Å². The van der Waals surface area contributed by atoms with Crippen LogP contribution in [-0.4, -0.2) is 30.2 Å². The fourth-order valence-electron chi connectivity index (χ4n) is 1.64. The van der Waals surface area contributed by atoms with Gasteiger partial charge in [-0.1, -0.05) is 0 Å². The summed E-state index contributed by atoms with van der Waals surface area (Å²) in [7, 11) is 0. The molecule has 0 aromatic carbocycles. The highest BCUT2D eigenvalue weighted by Gasteiger charge is 2.30. The molecular weight excluding hydrogens is 178 g/mol. The second-order valence-corrected chi connectivity index (χ2v) is 3.21. The molecule has 1 unspecified atom stereocenters. The summed E-state index contributed by atoms with van der Waals surface area (Å²) in [5.74, 6) is 5.98. The minimum atomic E-state index is -0.00819. The lowest BCUT2D eigenvalue weighted by Crippen LogP contribution is -2.35. The van der Waals surface area contributed by atoms with E-state index in [-0.39, 0.29) is 12.1 Å². The van der Waals surface area contributed by atoms with Crippen molar-refractivity contribution in [3.63, 3.8) is 0 Å². The number of rotatable bonds is 4. The van der Waals surface area contributed by atoms with Crippen molar-refractivity contribution in [2.24, 2.45) is 0 Å². The maximum absolute atomic E-state index is 11.5. The van der Waals surface area contributed by atoms with E-state index in [1.165, 1.54) is 0 Å². The molecule has 1 heterocycles. The Bertz CT molecular complexity index is 252. The molecule has 1 fully saturated rings. The average molecular weight is 195 g/mol. The third-order valence-corrected chi connectivity index (χ3v) is 2.29. The zero-order valence-corrected chi connectivity index (χ0v) is 8.88. The molecule has 3 heteroatoms. The maximum atomic E-state index is 11.5. The van der Waals surface area contributed by atoms with Gasteiger partial charge in [0.2, 0.25) is 5.91 Å². The van der Waals surface area contributed by atoms with Crippen LogP contribution in [0.1, 0.15) is 33.1 Å². The number of hydrogen-bond donors (Lipinski definition) is 0. The van der Waals surface area contributed by atoms with Gasteiger partial charge in [0.25, 0.3) is 0 Å². The molecule has 78 valence electrons. The Balaban J connectivity index is 2.43. The third-order valence-electron chi connectivity index (χ3n) is 2.29. The monoisotopic (exact) mass is 195 g/mol. The fourth-order valence-corrected chi connectivity index (χ4v) is 1.64. The van der Waals surface area contributed by atoms with Crippen molar-refractivity contribution in [2.75, 3.05) is 13.2 Å². The summed E-state index contributed by atoms with van der Waals surface area (Å²) in [6.07, 6.45) is 2.17. The van der Waals surface area contributed by atoms with Crippen LogP contribution in [0.25, 0.3) is 0 Å². The van der Waals surface area contributed by atoms with Crippen LogP contribution >= 0.6 is 0 Å². The van der Waals surface area contributed by atoms with Crippen LogP contribution in [0.2, 0.25) is 0 Å². The van der Waals surface area contributed by atoms with Crippen molar-refractivity contribution >= 4 is 5.91 Å². The first-order chi connectivity index (χ1) is 6.79. The SMILES string of the molecule is CC#CCCN1C(=O)CCC1OCC. The molecule has 1 amide bonds. The van der Waals surface area contributed by atoms with E-state index in [1.807, 2.05) is 13.8 Å². The molecule has 1 aliphatic heterocycles. The molecule has 0 aromatic heterocycles. The van der Waals surface area contributed by atoms with Crippen molar-refractivity contribution in [2.45, 2.75) is 39.3 Å². The lowest BCUT2D eigenvalue weighted by atomic mass is 10.3. The Kier molecular flexibility index (Phi) is 4.48. The van der Waals surface area contributed by atoms with E-state index in [4.69, 9.17) is 4.74 Å². The predicted molar refractivity (Wildman–Crippen MR) is 54.4 cm³/mol. The largest absolute Gasteiger partial charge is 0.359 e. The van der Waals surface area contributed by atoms with Crippen LogP contribution in [0.4, 0.5) is 0 Å². The maximum Gasteiger partial charge on any atom is 0.224 e. The average Bonchev–Trinajstić information content (AvgIpc) is 2.50. The van der Waals surface area contributed by atoms with Crippen LogP contribution in [0.15, 0.2) is 0 Å². The van der Waals surface area contributed by atoms with Gasteiger partial charge in [0, 0.05) is 32.4 Å². The van der Waals surface area contributed by atoms with E-state index in [1.54, 1.807) is 4.90 Å². The summed E-state index contributed by atoms with van der Waals surface area (Å²) in [6, 6.07) is 0. The lowest BCUT2D eigenvalue weighted by Gasteiger charge is -2.23. The second-order valence-electron chi connectivity index (χ2n) is 3.21. The van der Waals surface area contributed by atoms with Crippen molar-refractivity contribution in [3.8, 4) is 11.8 Å². The van der Waals surface area contributed by atoms with Crippen LogP contribution in [0.5, 0.6) is 0 Å². The topological polar surface area (TPSA) is 29.5 Å². The highest BCUT2D eigenvalue weighted by molar-refractivity contribution is 5.78. The zero-order chi connectivity index (χ0) is 10.4. The summed E-state index contributed by atoms with van der Waals surface area (Å²) < 4.78 is 5.47. The van der Waals surface area contributed by atoms with E-state index in [2.05, 4.69) is 11.8 Å². The minimum Gasteiger partial charge on any atom is -0.359 e. The molecule has 14 heavy (non-hydrogen) atoms. The molecule has 1 saturated heterocycles. The van der Waals surface area contributed by atoms with Gasteiger partial charge in [-0.25, -0.2) is 0 Å². The molecular formula is C11H17NO2. The van der Waals surface area contributed by atoms with Crippen molar-refractivity contribution < 1.29 is 9.53 Å². The molecule has 1 rings (SSSR count). The van der Waals surface area contributed by atoms with Crippen LogP contribution in [-0.2, 0) is 9.53 Å². The highest BCUT2D eigenvalue weighted by Crippen LogP contribution is 2.19. The van der Waals surface area contributed by atoms with Gasteiger partial charge in [0.15, 0.2) is 0 Å². The van der Waals surface area contributed by atoms with Gasteiger partial charge in [-0.2, -0.15) is 0 Å². The molecule has 1 atom stereocenters. The van der Waals surface area contributed by atoms with E-state index in [9.17, 15) is 4.79 Å². The summed E-state index contributed by atoms with van der Waals surface area (Å²) in [5, 5.41) is 0. The Morgan fingerprint density at radius 1 is 1.64 bits per heavy atom. The number of amides is 1. The van der Waals surface area contributed by atoms with Gasteiger partial charge in [0.05, 0.1) is 0 Å². The zero-order valence-electron chi connectivity index (χ0n) is 8.88. The minimum absolute atomic E-state index is 0.00819. The number of ether oxygens (including phenoxy) is 1. The summed E-state index contributed by atoms with van der Waals surface area (Å²) in [4.78, 5) is 13.3. The lowest BCUT2D eigenvalue weighted by molar-refractivity contribution is -0.135. The number of carbonyl (C=O) groups is 1. The Hall–Kier alpha value is -1.01. The van der Waals surface area contributed by atoms with Crippen molar-refractivity contribution in [3.05, 3.63) is 0 Å². The summed E-state index contributed by atoms with van der Waals surface area (Å²) >= 11 is 0. The first-order valence-electron chi connectivity index (χ1n) is 5.10. The Morgan fingerprint density at radius 3 is 3.07 bits per heavy atom. The van der Waals surface area contributed by atoms with E-state index in [0.29, 0.717) is 19.6 Å². The first-order valence-corrected chi connectivity index (χ1v) is 5.10. The normalized spacial score (nSPS) is 20.9. The molecule has 3 nitrogen and oxygen atoms in total. The van der Waals surface area contributed by atoms with Gasteiger partial charge < -0.3 is 9.64 Å². The number of likely N-dealkylation sites (tertiary alicyclic amines) is 1. The van der Waals surface area contributed by atoms with Crippen LogP contribution in [0.3, 0.4) is 0 Å². The number of hydrogen-bond acceptors (Lipinski definition) is 2. The molecule has 0 saturated carbocycles. The van der Waals surface area contributed by atoms with Gasteiger partial charge in [-0.05, 0) is 13.8 Å². The van der Waals surface area contributed by atoms with E-state index in [0.717, 1.165) is 12.8 Å². The number of nitrogens with zero attached hydrogens (tertiary/aromatic N) is 1. The second kappa shape index (κ2) is 5.66. The first kappa shape index (κ1) is 11.1. The van der Waals surface area contributed by atoms with Gasteiger partial charge >= 0.3 is 0 Å². The molecule has 0 radical (unpaired) electrons. The summed E-state index contributed by atoms with van der Waals surface area (Å²) in [6.45, 7) is 5.12. The molecule has 0 aromatic rings. The third kappa shape index (κ3) is 2.74. The van der Waals surface area contributed by atoms with Gasteiger partial charge in [-0.15, -0.1) is 11.8 Å². The highest BCUT2D eigenvalue weighted by atomic mass is 16.5. The molecule has 0 N–H and O–H groups in total.